The zero-order chi connectivity index (χ0) is 20.5. The fourth-order valence-corrected chi connectivity index (χ4v) is 4.45. The number of carbonyl (C=O) groups is 1. The number of alkyl halides is 1. The fraction of sp³-hybridized carbons (Fsp3) is 0.500. The number of nitrogens with zero attached hydrogens (tertiary/aromatic N) is 4. The molecule has 29 heavy (non-hydrogen) atoms. The molecule has 2 fully saturated rings. The van der Waals surface area contributed by atoms with Crippen LogP contribution in [0, 0.1) is 12.5 Å². The van der Waals surface area contributed by atoms with Crippen LogP contribution in [-0.2, 0) is 9.53 Å². The number of aromatic nitrogens is 1. The molecule has 0 radical (unpaired) electrons. The number of carbonyl (C=O) groups excluding carboxylic acids is 1. The van der Waals surface area contributed by atoms with Gasteiger partial charge in [-0.3, -0.25) is 9.78 Å². The number of pyridine rings is 1. The normalized spacial score (nSPS) is 27.9. The van der Waals surface area contributed by atoms with Crippen molar-refractivity contribution >= 4 is 28.1 Å². The lowest BCUT2D eigenvalue weighted by atomic mass is 9.96. The number of hydrogen-bond acceptors (Lipinski definition) is 5. The summed E-state index contributed by atoms with van der Waals surface area (Å²) in [4.78, 5) is 24.9. The maximum absolute atomic E-state index is 14.2. The molecule has 0 amide bonds. The van der Waals surface area contributed by atoms with Crippen LogP contribution < -0.4 is 4.90 Å². The van der Waals surface area contributed by atoms with Crippen molar-refractivity contribution in [2.45, 2.75) is 31.7 Å². The Bertz CT molecular complexity index is 959. The van der Waals surface area contributed by atoms with E-state index in [1.165, 1.54) is 0 Å². The van der Waals surface area contributed by atoms with Crippen molar-refractivity contribution in [1.29, 1.82) is 0 Å². The van der Waals surface area contributed by atoms with E-state index in [-0.39, 0.29) is 24.2 Å². The first-order valence-corrected chi connectivity index (χ1v) is 9.97. The number of benzene rings is 1. The summed E-state index contributed by atoms with van der Waals surface area (Å²) >= 11 is 0. The Morgan fingerprint density at radius 3 is 2.86 bits per heavy atom. The molecule has 7 heteroatoms. The Kier molecular flexibility index (Phi) is 5.48. The van der Waals surface area contributed by atoms with E-state index >= 15 is 0 Å². The lowest BCUT2D eigenvalue weighted by Gasteiger charge is -2.38. The van der Waals surface area contributed by atoms with E-state index in [1.807, 2.05) is 37.1 Å². The first-order chi connectivity index (χ1) is 14.0. The minimum absolute atomic E-state index is 0.0373. The molecule has 2 saturated heterocycles. The average molecular weight is 396 g/mol. The largest absolute Gasteiger partial charge is 0.365 e. The third kappa shape index (κ3) is 3.96. The predicted molar refractivity (Wildman–Crippen MR) is 110 cm³/mol. The Hall–Kier alpha value is -2.56. The third-order valence-electron chi connectivity index (χ3n) is 5.81. The number of ether oxygens (including phenoxy) is 1. The van der Waals surface area contributed by atoms with Gasteiger partial charge in [-0.25, -0.2) is 9.24 Å². The van der Waals surface area contributed by atoms with Gasteiger partial charge >= 0.3 is 0 Å². The summed E-state index contributed by atoms with van der Waals surface area (Å²) in [6.07, 6.45) is 0.218. The summed E-state index contributed by atoms with van der Waals surface area (Å²) in [5, 5.41) is 0.891. The van der Waals surface area contributed by atoms with Gasteiger partial charge in [-0.15, -0.1) is 0 Å². The SMILES string of the molecule is [C-]#[N+]c1ccc(N2C[C@@H](C)O[C@@H](C(=O)C[C@H]3CN(C)C[C@H]3F)C2)c2cccnc12. The van der Waals surface area contributed by atoms with Crippen LogP contribution in [0.15, 0.2) is 30.5 Å². The molecule has 0 bridgehead atoms. The zero-order valence-corrected chi connectivity index (χ0v) is 16.7. The highest BCUT2D eigenvalue weighted by molar-refractivity contribution is 6.00. The summed E-state index contributed by atoms with van der Waals surface area (Å²) in [5.74, 6) is -0.297. The van der Waals surface area contributed by atoms with Crippen molar-refractivity contribution in [2.24, 2.45) is 5.92 Å². The fourth-order valence-electron chi connectivity index (χ4n) is 4.45. The molecule has 2 aliphatic rings. The number of anilines is 1. The summed E-state index contributed by atoms with van der Waals surface area (Å²) in [6, 6.07) is 7.49. The van der Waals surface area contributed by atoms with Gasteiger partial charge in [0.15, 0.2) is 5.78 Å². The van der Waals surface area contributed by atoms with Crippen LogP contribution in [-0.4, -0.2) is 67.3 Å². The van der Waals surface area contributed by atoms with Gasteiger partial charge in [-0.05, 0) is 26.1 Å². The van der Waals surface area contributed by atoms with Gasteiger partial charge in [0, 0.05) is 49.2 Å². The number of Topliss-reactive ketones (excluding diaryl/α,β-unsaturated/α-hetero) is 1. The van der Waals surface area contributed by atoms with Crippen molar-refractivity contribution in [3.05, 3.63) is 41.9 Å². The lowest BCUT2D eigenvalue weighted by molar-refractivity contribution is -0.136. The second kappa shape index (κ2) is 8.05. The Balaban J connectivity index is 1.56. The predicted octanol–water partition coefficient (Wildman–Crippen LogP) is 3.24. The minimum Gasteiger partial charge on any atom is -0.365 e. The first-order valence-electron chi connectivity index (χ1n) is 9.97. The quantitative estimate of drug-likeness (QED) is 0.743. The number of hydrogen-bond donors (Lipinski definition) is 0. The maximum Gasteiger partial charge on any atom is 0.213 e. The van der Waals surface area contributed by atoms with Crippen molar-refractivity contribution in [3.63, 3.8) is 0 Å². The summed E-state index contributed by atoms with van der Waals surface area (Å²) in [7, 11) is 1.88. The Labute approximate surface area is 170 Å². The first kappa shape index (κ1) is 19.7. The molecule has 1 aromatic heterocycles. The number of halogens is 1. The van der Waals surface area contributed by atoms with E-state index < -0.39 is 12.3 Å². The molecule has 6 nitrogen and oxygen atoms in total. The summed E-state index contributed by atoms with van der Waals surface area (Å²) in [6.45, 7) is 11.4. The van der Waals surface area contributed by atoms with E-state index in [9.17, 15) is 9.18 Å². The van der Waals surface area contributed by atoms with Crippen molar-refractivity contribution in [1.82, 2.24) is 9.88 Å². The maximum atomic E-state index is 14.2. The molecule has 1 aromatic carbocycles. The molecule has 0 spiro atoms. The van der Waals surface area contributed by atoms with E-state index in [2.05, 4.69) is 14.7 Å². The lowest BCUT2D eigenvalue weighted by Crippen LogP contribution is -2.50. The van der Waals surface area contributed by atoms with E-state index in [1.54, 1.807) is 12.3 Å². The van der Waals surface area contributed by atoms with Gasteiger partial charge in [0.25, 0.3) is 0 Å². The van der Waals surface area contributed by atoms with Crippen LogP contribution in [0.3, 0.4) is 0 Å². The van der Waals surface area contributed by atoms with E-state index in [0.717, 1.165) is 11.1 Å². The van der Waals surface area contributed by atoms with Crippen molar-refractivity contribution < 1.29 is 13.9 Å². The second-order valence-electron chi connectivity index (χ2n) is 8.12. The molecule has 0 unspecified atom stereocenters. The standard InChI is InChI=1S/C22H25FN4O2/c1-14-10-27(19-7-6-18(24-2)22-16(19)5-4-8-25-22)13-21(29-14)20(28)9-15-11-26(3)12-17(15)23/h4-8,14-15,17,21H,9-13H2,1,3H3/t14-,15+,17-,21-/m1/s1. The Morgan fingerprint density at radius 1 is 1.31 bits per heavy atom. The number of morpholine rings is 1. The third-order valence-corrected chi connectivity index (χ3v) is 5.81. The highest BCUT2D eigenvalue weighted by atomic mass is 19.1. The molecule has 0 aliphatic carbocycles. The summed E-state index contributed by atoms with van der Waals surface area (Å²) < 4.78 is 20.1. The van der Waals surface area contributed by atoms with Crippen LogP contribution in [0.5, 0.6) is 0 Å². The van der Waals surface area contributed by atoms with Crippen molar-refractivity contribution in [2.75, 3.05) is 38.1 Å². The molecule has 4 atom stereocenters. The van der Waals surface area contributed by atoms with Gasteiger partial charge in [-0.2, -0.15) is 0 Å². The highest BCUT2D eigenvalue weighted by Gasteiger charge is 2.37. The molecule has 0 N–H and O–H groups in total. The molecule has 0 saturated carbocycles. The zero-order valence-electron chi connectivity index (χ0n) is 16.7. The van der Waals surface area contributed by atoms with Crippen molar-refractivity contribution in [3.8, 4) is 0 Å². The van der Waals surface area contributed by atoms with E-state index in [0.29, 0.717) is 37.4 Å². The molecular weight excluding hydrogens is 371 g/mol. The molecule has 3 heterocycles. The topological polar surface area (TPSA) is 50.0 Å². The van der Waals surface area contributed by atoms with Gasteiger partial charge in [0.1, 0.15) is 12.3 Å². The molecule has 2 aromatic rings. The summed E-state index contributed by atoms with van der Waals surface area (Å²) in [5.41, 5.74) is 2.12. The monoisotopic (exact) mass is 396 g/mol. The minimum atomic E-state index is -0.961. The van der Waals surface area contributed by atoms with E-state index in [4.69, 9.17) is 11.3 Å². The van der Waals surface area contributed by atoms with Crippen LogP contribution in [0.2, 0.25) is 0 Å². The molecular formula is C22H25FN4O2. The highest BCUT2D eigenvalue weighted by Crippen LogP contribution is 2.34. The molecule has 4 rings (SSSR count). The molecule has 152 valence electrons. The number of rotatable bonds is 4. The van der Waals surface area contributed by atoms with Gasteiger partial charge in [-0.1, -0.05) is 12.1 Å². The second-order valence-corrected chi connectivity index (χ2v) is 8.12. The van der Waals surface area contributed by atoms with Crippen LogP contribution in [0.4, 0.5) is 15.8 Å². The number of fused-ring (bicyclic) bond motifs is 1. The van der Waals surface area contributed by atoms with Gasteiger partial charge in [0.2, 0.25) is 5.69 Å². The van der Waals surface area contributed by atoms with Gasteiger partial charge < -0.3 is 14.5 Å². The average Bonchev–Trinajstić information content (AvgIpc) is 3.03. The number of ketones is 1. The van der Waals surface area contributed by atoms with Crippen LogP contribution >= 0.6 is 0 Å². The Morgan fingerprint density at radius 2 is 2.14 bits per heavy atom. The van der Waals surface area contributed by atoms with Crippen LogP contribution in [0.1, 0.15) is 13.3 Å². The van der Waals surface area contributed by atoms with Gasteiger partial charge in [0.05, 0.1) is 24.7 Å². The van der Waals surface area contributed by atoms with Crippen LogP contribution in [0.25, 0.3) is 15.7 Å². The number of likely N-dealkylation sites (tertiary alicyclic amines) is 1. The molecule has 2 aliphatic heterocycles. The smallest absolute Gasteiger partial charge is 0.213 e.